The molecule has 0 aliphatic carbocycles. The number of aliphatic carboxylic acids is 1. The molecule has 0 aromatic heterocycles. The first-order valence-corrected chi connectivity index (χ1v) is 15.8. The summed E-state index contributed by atoms with van der Waals surface area (Å²) >= 11 is 1.74. The molecule has 0 saturated carbocycles. The average Bonchev–Trinajstić information content (AvgIpc) is 3.01. The molecule has 3 heterocycles. The van der Waals surface area contributed by atoms with E-state index in [1.165, 1.54) is 16.0 Å². The van der Waals surface area contributed by atoms with Crippen molar-refractivity contribution in [1.82, 2.24) is 4.90 Å². The van der Waals surface area contributed by atoms with Crippen molar-refractivity contribution in [3.63, 3.8) is 0 Å². The first-order chi connectivity index (χ1) is 19.5. The Morgan fingerprint density at radius 3 is 2.23 bits per heavy atom. The van der Waals surface area contributed by atoms with Crippen LogP contribution in [0, 0.1) is 11.8 Å². The van der Waals surface area contributed by atoms with E-state index in [1.54, 1.807) is 18.9 Å². The van der Waals surface area contributed by atoms with Crippen LogP contribution in [0.1, 0.15) is 42.9 Å². The zero-order valence-corrected chi connectivity index (χ0v) is 25.0. The first-order valence-electron chi connectivity index (χ1n) is 14.6. The average molecular weight is 560 g/mol. The molecule has 1 N–H and O–H groups in total. The third-order valence-electron chi connectivity index (χ3n) is 9.70. The van der Waals surface area contributed by atoms with E-state index in [0.717, 1.165) is 48.4 Å². The highest BCUT2D eigenvalue weighted by Gasteiger charge is 2.62. The normalized spacial score (nSPS) is 25.9. The number of likely N-dealkylation sites (N-methyl/N-ethyl adjacent to an activating group) is 2. The number of hydrogen-bond donors (Lipinski definition) is 1. The molecule has 6 rings (SSSR count). The predicted molar refractivity (Wildman–Crippen MR) is 163 cm³/mol. The van der Waals surface area contributed by atoms with Crippen molar-refractivity contribution in [2.24, 2.45) is 11.8 Å². The van der Waals surface area contributed by atoms with Crippen LogP contribution >= 0.6 is 11.8 Å². The van der Waals surface area contributed by atoms with Gasteiger partial charge in [-0.1, -0.05) is 67.6 Å². The number of thioether (sulfide) groups is 1. The van der Waals surface area contributed by atoms with Crippen LogP contribution in [0.5, 0.6) is 5.75 Å². The minimum absolute atomic E-state index is 0.0960. The standard InChI is InChI=1S/C34H42N2O3S/c1-5-35(22-26-21-27(40-4)17-18-30(26)39-3)32-28-19-20-36(6-2,23-29(28)34(37)38)33(32)31(24-13-9-7-10-14-24)25-15-11-8-12-16-25/h7-18,21,28-29,31-33H,5-6,19-20,22-23H2,1-4H3/p+1/t28-,29-,32-,33-,36?/m0/s1. The topological polar surface area (TPSA) is 49.8 Å². The molecule has 0 amide bonds. The number of rotatable bonds is 11. The fourth-order valence-electron chi connectivity index (χ4n) is 7.80. The number of carboxylic acids is 1. The van der Waals surface area contributed by atoms with E-state index < -0.39 is 5.97 Å². The molecule has 5 nitrogen and oxygen atoms in total. The summed E-state index contributed by atoms with van der Waals surface area (Å²) in [5.74, 6) is 0.177. The molecule has 3 saturated heterocycles. The van der Waals surface area contributed by atoms with Gasteiger partial charge in [-0.3, -0.25) is 9.69 Å². The maximum atomic E-state index is 12.8. The number of nitrogens with zero attached hydrogens (tertiary/aromatic N) is 2. The van der Waals surface area contributed by atoms with Gasteiger partial charge in [0.1, 0.15) is 17.7 Å². The fourth-order valence-corrected chi connectivity index (χ4v) is 8.27. The lowest BCUT2D eigenvalue weighted by molar-refractivity contribution is -0.971. The number of benzene rings is 3. The van der Waals surface area contributed by atoms with Gasteiger partial charge in [0, 0.05) is 29.3 Å². The Morgan fingerprint density at radius 1 is 1.05 bits per heavy atom. The Bertz CT molecular complexity index is 1250. The second kappa shape index (κ2) is 12.4. The van der Waals surface area contributed by atoms with E-state index in [1.807, 2.05) is 0 Å². The van der Waals surface area contributed by atoms with Gasteiger partial charge in [-0.05, 0) is 49.1 Å². The molecule has 0 spiro atoms. The highest BCUT2D eigenvalue weighted by molar-refractivity contribution is 7.98. The Morgan fingerprint density at radius 2 is 1.70 bits per heavy atom. The number of piperidine rings is 3. The maximum absolute atomic E-state index is 12.8. The summed E-state index contributed by atoms with van der Waals surface area (Å²) in [7, 11) is 1.74. The van der Waals surface area contributed by atoms with Crippen molar-refractivity contribution in [2.45, 2.75) is 49.7 Å². The van der Waals surface area contributed by atoms with Gasteiger partial charge in [0.15, 0.2) is 0 Å². The summed E-state index contributed by atoms with van der Waals surface area (Å²) in [4.78, 5) is 16.6. The van der Waals surface area contributed by atoms with E-state index in [4.69, 9.17) is 4.74 Å². The lowest BCUT2D eigenvalue weighted by Gasteiger charge is -2.63. The van der Waals surface area contributed by atoms with Gasteiger partial charge in [0.2, 0.25) is 0 Å². The van der Waals surface area contributed by atoms with Crippen LogP contribution in [0.4, 0.5) is 0 Å². The molecule has 212 valence electrons. The number of ether oxygens (including phenoxy) is 1. The number of quaternary nitrogens is 1. The van der Waals surface area contributed by atoms with E-state index in [2.05, 4.69) is 104 Å². The third-order valence-corrected chi connectivity index (χ3v) is 10.4. The second-order valence-corrected chi connectivity index (χ2v) is 12.2. The van der Waals surface area contributed by atoms with Crippen molar-refractivity contribution >= 4 is 17.7 Å². The summed E-state index contributed by atoms with van der Waals surface area (Å²) < 4.78 is 6.66. The van der Waals surface area contributed by atoms with Gasteiger partial charge in [0.25, 0.3) is 0 Å². The van der Waals surface area contributed by atoms with Gasteiger partial charge < -0.3 is 14.3 Å². The summed E-state index contributed by atoms with van der Waals surface area (Å²) in [6, 6.07) is 28.6. The number of carbonyl (C=O) groups is 1. The highest BCUT2D eigenvalue weighted by Crippen LogP contribution is 2.50. The summed E-state index contributed by atoms with van der Waals surface area (Å²) in [5.41, 5.74) is 3.79. The molecule has 5 atom stereocenters. The minimum Gasteiger partial charge on any atom is -0.496 e. The Kier molecular flexibility index (Phi) is 8.89. The fraction of sp³-hybridized carbons (Fsp3) is 0.441. The van der Waals surface area contributed by atoms with Crippen molar-refractivity contribution < 1.29 is 19.1 Å². The Balaban J connectivity index is 1.68. The predicted octanol–water partition coefficient (Wildman–Crippen LogP) is 6.38. The van der Waals surface area contributed by atoms with Crippen molar-refractivity contribution in [2.75, 3.05) is 39.5 Å². The van der Waals surface area contributed by atoms with Gasteiger partial charge in [-0.25, -0.2) is 0 Å². The van der Waals surface area contributed by atoms with E-state index in [9.17, 15) is 9.90 Å². The van der Waals surface area contributed by atoms with Crippen LogP contribution in [0.25, 0.3) is 0 Å². The van der Waals surface area contributed by atoms with Crippen LogP contribution < -0.4 is 4.74 Å². The van der Waals surface area contributed by atoms with E-state index >= 15 is 0 Å². The summed E-state index contributed by atoms with van der Waals surface area (Å²) in [6.07, 6.45) is 3.05. The molecular formula is C34H43N2O3S+. The Labute approximate surface area is 243 Å². The molecule has 2 bridgehead atoms. The number of hydrogen-bond acceptors (Lipinski definition) is 4. The molecule has 3 aliphatic rings. The monoisotopic (exact) mass is 559 g/mol. The summed E-state index contributed by atoms with van der Waals surface area (Å²) in [6.45, 7) is 8.74. The van der Waals surface area contributed by atoms with Crippen LogP contribution in [0.3, 0.4) is 0 Å². The second-order valence-electron chi connectivity index (χ2n) is 11.4. The molecule has 3 aromatic rings. The quantitative estimate of drug-likeness (QED) is 0.218. The van der Waals surface area contributed by atoms with Crippen molar-refractivity contribution in [1.29, 1.82) is 0 Å². The first kappa shape index (κ1) is 28.7. The van der Waals surface area contributed by atoms with Crippen LogP contribution in [-0.2, 0) is 11.3 Å². The van der Waals surface area contributed by atoms with Crippen LogP contribution in [0.15, 0.2) is 83.8 Å². The van der Waals surface area contributed by atoms with Crippen LogP contribution in [-0.4, -0.2) is 72.1 Å². The van der Waals surface area contributed by atoms with E-state index in [0.29, 0.717) is 6.54 Å². The highest BCUT2D eigenvalue weighted by atomic mass is 32.2. The molecule has 3 fully saturated rings. The van der Waals surface area contributed by atoms with Crippen LogP contribution in [0.2, 0.25) is 0 Å². The molecule has 3 aromatic carbocycles. The number of carboxylic acid groups (broad SMARTS) is 1. The molecule has 3 aliphatic heterocycles. The lowest BCUT2D eigenvalue weighted by atomic mass is 9.64. The van der Waals surface area contributed by atoms with Crippen molar-refractivity contribution in [3.8, 4) is 5.75 Å². The number of methoxy groups -OCH3 is 1. The maximum Gasteiger partial charge on any atom is 0.312 e. The smallest absolute Gasteiger partial charge is 0.312 e. The lowest BCUT2D eigenvalue weighted by Crippen LogP contribution is -2.77. The largest absolute Gasteiger partial charge is 0.496 e. The Hall–Kier alpha value is -2.80. The van der Waals surface area contributed by atoms with Gasteiger partial charge in [-0.15, -0.1) is 11.8 Å². The molecule has 6 heteroatoms. The molecule has 0 radical (unpaired) electrons. The van der Waals surface area contributed by atoms with Gasteiger partial charge in [-0.2, -0.15) is 0 Å². The zero-order valence-electron chi connectivity index (χ0n) is 24.2. The molecular weight excluding hydrogens is 516 g/mol. The third kappa shape index (κ3) is 5.29. The zero-order chi connectivity index (χ0) is 28.3. The SMILES string of the molecule is CCN(Cc1cc(SC)ccc1OC)[C@H]1[C@H]2CC[N+](CC)(C[C@@H]2C(=O)O)[C@H]1C(c1ccccc1)c1ccccc1. The summed E-state index contributed by atoms with van der Waals surface area (Å²) in [5, 5.41) is 10.5. The number of fused-ring (bicyclic) bond motifs is 3. The minimum atomic E-state index is -0.641. The van der Waals surface area contributed by atoms with E-state index in [-0.39, 0.29) is 29.8 Å². The van der Waals surface area contributed by atoms with Gasteiger partial charge >= 0.3 is 5.97 Å². The molecule has 1 unspecified atom stereocenters. The van der Waals surface area contributed by atoms with Crippen molar-refractivity contribution in [3.05, 3.63) is 95.6 Å². The molecule has 40 heavy (non-hydrogen) atoms. The van der Waals surface area contributed by atoms with Gasteiger partial charge in [0.05, 0.1) is 38.7 Å².